The van der Waals surface area contributed by atoms with E-state index in [-0.39, 0.29) is 24.8 Å². The monoisotopic (exact) mass is 409 g/mol. The van der Waals surface area contributed by atoms with E-state index in [1.54, 1.807) is 26.8 Å². The molecule has 2 saturated heterocycles. The number of likely N-dealkylation sites (tertiary alicyclic amines) is 1. The highest BCUT2D eigenvalue weighted by Gasteiger charge is 2.23. The maximum absolute atomic E-state index is 12.4. The number of hydrogen-bond donors (Lipinski definition) is 2. The SMILES string of the molecule is CC(C)(C)OC(=O)NCCC(=O)NCC1CCN(C(=O)C=C2CCOCC2)CC1. The first-order valence-corrected chi connectivity index (χ1v) is 10.5. The second kappa shape index (κ2) is 11.2. The molecule has 0 aliphatic carbocycles. The van der Waals surface area contributed by atoms with Gasteiger partial charge in [-0.3, -0.25) is 9.59 Å². The predicted molar refractivity (Wildman–Crippen MR) is 109 cm³/mol. The van der Waals surface area contributed by atoms with Gasteiger partial charge in [-0.1, -0.05) is 5.57 Å². The summed E-state index contributed by atoms with van der Waals surface area (Å²) in [4.78, 5) is 37.8. The van der Waals surface area contributed by atoms with Crippen molar-refractivity contribution in [3.8, 4) is 0 Å². The molecule has 2 aliphatic rings. The Morgan fingerprint density at radius 2 is 1.79 bits per heavy atom. The molecule has 8 heteroatoms. The van der Waals surface area contributed by atoms with Gasteiger partial charge in [0.2, 0.25) is 11.8 Å². The van der Waals surface area contributed by atoms with Crippen molar-refractivity contribution >= 4 is 17.9 Å². The first kappa shape index (κ1) is 23.2. The lowest BCUT2D eigenvalue weighted by atomic mass is 9.96. The highest BCUT2D eigenvalue weighted by molar-refractivity contribution is 5.88. The largest absolute Gasteiger partial charge is 0.444 e. The van der Waals surface area contributed by atoms with Crippen LogP contribution in [0.25, 0.3) is 0 Å². The molecule has 0 aromatic heterocycles. The van der Waals surface area contributed by atoms with Crippen LogP contribution in [-0.4, -0.2) is 67.8 Å². The van der Waals surface area contributed by atoms with E-state index in [0.717, 1.165) is 38.8 Å². The van der Waals surface area contributed by atoms with Crippen molar-refractivity contribution < 1.29 is 23.9 Å². The minimum absolute atomic E-state index is 0.0937. The number of alkyl carbamates (subject to hydrolysis) is 1. The number of hydrogen-bond acceptors (Lipinski definition) is 5. The number of rotatable bonds is 6. The lowest BCUT2D eigenvalue weighted by Crippen LogP contribution is -2.41. The van der Waals surface area contributed by atoms with Crippen LogP contribution in [-0.2, 0) is 19.1 Å². The van der Waals surface area contributed by atoms with Gasteiger partial charge in [-0.25, -0.2) is 4.79 Å². The average molecular weight is 410 g/mol. The summed E-state index contributed by atoms with van der Waals surface area (Å²) >= 11 is 0. The molecular formula is C21H35N3O5. The number of amides is 3. The Kier molecular flexibility index (Phi) is 8.95. The summed E-state index contributed by atoms with van der Waals surface area (Å²) < 4.78 is 10.4. The number of piperidine rings is 1. The second-order valence-electron chi connectivity index (χ2n) is 8.67. The zero-order valence-corrected chi connectivity index (χ0v) is 17.9. The van der Waals surface area contributed by atoms with Crippen molar-refractivity contribution in [1.29, 1.82) is 0 Å². The Morgan fingerprint density at radius 1 is 1.14 bits per heavy atom. The minimum Gasteiger partial charge on any atom is -0.444 e. The molecule has 2 aliphatic heterocycles. The Hall–Kier alpha value is -2.09. The fourth-order valence-corrected chi connectivity index (χ4v) is 3.34. The lowest BCUT2D eigenvalue weighted by Gasteiger charge is -2.31. The summed E-state index contributed by atoms with van der Waals surface area (Å²) in [6.45, 7) is 9.07. The molecular weight excluding hydrogens is 374 g/mol. The average Bonchev–Trinajstić information content (AvgIpc) is 2.66. The molecule has 0 radical (unpaired) electrons. The van der Waals surface area contributed by atoms with E-state index < -0.39 is 11.7 Å². The van der Waals surface area contributed by atoms with Crippen molar-refractivity contribution in [3.05, 3.63) is 11.6 Å². The van der Waals surface area contributed by atoms with Crippen molar-refractivity contribution in [3.63, 3.8) is 0 Å². The Morgan fingerprint density at radius 3 is 2.41 bits per heavy atom. The van der Waals surface area contributed by atoms with Crippen LogP contribution in [0.3, 0.4) is 0 Å². The summed E-state index contributed by atoms with van der Waals surface area (Å²) in [7, 11) is 0. The molecule has 0 aromatic rings. The third-order valence-corrected chi connectivity index (χ3v) is 5.00. The van der Waals surface area contributed by atoms with Crippen LogP contribution in [0, 0.1) is 5.92 Å². The Balaban J connectivity index is 1.58. The fourth-order valence-electron chi connectivity index (χ4n) is 3.34. The van der Waals surface area contributed by atoms with Gasteiger partial charge in [-0.05, 0) is 52.4 Å². The molecule has 0 atom stereocenters. The Bertz CT molecular complexity index is 596. The van der Waals surface area contributed by atoms with Crippen LogP contribution in [0.1, 0.15) is 52.9 Å². The molecule has 0 saturated carbocycles. The van der Waals surface area contributed by atoms with Crippen molar-refractivity contribution in [2.45, 2.75) is 58.5 Å². The van der Waals surface area contributed by atoms with Crippen LogP contribution in [0.2, 0.25) is 0 Å². The predicted octanol–water partition coefficient (Wildman–Crippen LogP) is 1.99. The van der Waals surface area contributed by atoms with Crippen LogP contribution in [0.15, 0.2) is 11.6 Å². The molecule has 2 fully saturated rings. The van der Waals surface area contributed by atoms with E-state index in [9.17, 15) is 14.4 Å². The molecule has 2 N–H and O–H groups in total. The first-order chi connectivity index (χ1) is 13.7. The van der Waals surface area contributed by atoms with Gasteiger partial charge in [-0.15, -0.1) is 0 Å². The first-order valence-electron chi connectivity index (χ1n) is 10.5. The van der Waals surface area contributed by atoms with E-state index in [0.29, 0.717) is 25.7 Å². The molecule has 3 amide bonds. The van der Waals surface area contributed by atoms with Gasteiger partial charge < -0.3 is 25.0 Å². The van der Waals surface area contributed by atoms with Crippen molar-refractivity contribution in [1.82, 2.24) is 15.5 Å². The van der Waals surface area contributed by atoms with Gasteiger partial charge in [-0.2, -0.15) is 0 Å². The summed E-state index contributed by atoms with van der Waals surface area (Å²) in [5.41, 5.74) is 0.625. The zero-order chi connectivity index (χ0) is 21.3. The number of carbonyl (C=O) groups excluding carboxylic acids is 3. The van der Waals surface area contributed by atoms with E-state index in [1.165, 1.54) is 5.57 Å². The molecule has 0 unspecified atom stereocenters. The summed E-state index contributed by atoms with van der Waals surface area (Å²) in [5.74, 6) is 0.374. The topological polar surface area (TPSA) is 97.0 Å². The van der Waals surface area contributed by atoms with Crippen molar-refractivity contribution in [2.24, 2.45) is 5.92 Å². The van der Waals surface area contributed by atoms with Crippen LogP contribution in [0.5, 0.6) is 0 Å². The van der Waals surface area contributed by atoms with E-state index in [2.05, 4.69) is 10.6 Å². The molecule has 29 heavy (non-hydrogen) atoms. The van der Waals surface area contributed by atoms with Gasteiger partial charge in [0.1, 0.15) is 5.60 Å². The van der Waals surface area contributed by atoms with Gasteiger partial charge in [0.05, 0.1) is 13.2 Å². The molecule has 2 heterocycles. The van der Waals surface area contributed by atoms with Gasteiger partial charge in [0.25, 0.3) is 0 Å². The maximum Gasteiger partial charge on any atom is 0.407 e. The highest BCUT2D eigenvalue weighted by atomic mass is 16.6. The normalized spacial score (nSPS) is 18.2. The molecule has 0 bridgehead atoms. The second-order valence-corrected chi connectivity index (χ2v) is 8.67. The molecule has 8 nitrogen and oxygen atoms in total. The minimum atomic E-state index is -0.552. The smallest absolute Gasteiger partial charge is 0.407 e. The number of nitrogens with zero attached hydrogens (tertiary/aromatic N) is 1. The molecule has 164 valence electrons. The van der Waals surface area contributed by atoms with Crippen LogP contribution in [0.4, 0.5) is 4.79 Å². The summed E-state index contributed by atoms with van der Waals surface area (Å²) in [5, 5.41) is 5.50. The molecule has 0 aromatic carbocycles. The van der Waals surface area contributed by atoms with Crippen LogP contribution < -0.4 is 10.6 Å². The fraction of sp³-hybridized carbons (Fsp3) is 0.762. The quantitative estimate of drug-likeness (QED) is 0.654. The van der Waals surface area contributed by atoms with Crippen molar-refractivity contribution in [2.75, 3.05) is 39.4 Å². The molecule has 0 spiro atoms. The highest BCUT2D eigenvalue weighted by Crippen LogP contribution is 2.19. The number of carbonyl (C=O) groups is 3. The number of nitrogens with one attached hydrogen (secondary N) is 2. The van der Waals surface area contributed by atoms with E-state index in [4.69, 9.17) is 9.47 Å². The summed E-state index contributed by atoms with van der Waals surface area (Å²) in [6, 6.07) is 0. The Labute approximate surface area is 173 Å². The third kappa shape index (κ3) is 9.30. The maximum atomic E-state index is 12.4. The molecule has 2 rings (SSSR count). The van der Waals surface area contributed by atoms with E-state index in [1.807, 2.05) is 4.90 Å². The van der Waals surface area contributed by atoms with E-state index >= 15 is 0 Å². The van der Waals surface area contributed by atoms with Gasteiger partial charge in [0, 0.05) is 38.7 Å². The number of ether oxygens (including phenoxy) is 2. The van der Waals surface area contributed by atoms with Gasteiger partial charge in [0.15, 0.2) is 0 Å². The third-order valence-electron chi connectivity index (χ3n) is 5.00. The van der Waals surface area contributed by atoms with Crippen LogP contribution >= 0.6 is 0 Å². The zero-order valence-electron chi connectivity index (χ0n) is 17.9. The standard InChI is InChI=1S/C21H35N3O5/c1-21(2,3)29-20(27)22-9-4-18(25)23-15-17-5-10-24(11-6-17)19(26)14-16-7-12-28-13-8-16/h14,17H,4-13,15H2,1-3H3,(H,22,27)(H,23,25). The lowest BCUT2D eigenvalue weighted by molar-refractivity contribution is -0.128. The van der Waals surface area contributed by atoms with Gasteiger partial charge >= 0.3 is 6.09 Å². The summed E-state index contributed by atoms with van der Waals surface area (Å²) in [6.07, 6.45) is 4.94.